The highest BCUT2D eigenvalue weighted by molar-refractivity contribution is 7.17. The van der Waals surface area contributed by atoms with E-state index in [1.165, 1.54) is 17.4 Å². The number of carbonyl (C=O) groups is 2. The third-order valence-electron chi connectivity index (χ3n) is 4.60. The molecular formula is C20H23Cl2N3O3S. The van der Waals surface area contributed by atoms with Gasteiger partial charge in [0.1, 0.15) is 10.8 Å². The fourth-order valence-corrected chi connectivity index (χ4v) is 5.54. The molecule has 9 heteroatoms. The number of primary amides is 1. The Hall–Kier alpha value is -1.80. The second-order valence-electron chi connectivity index (χ2n) is 8.20. The summed E-state index contributed by atoms with van der Waals surface area (Å²) in [4.78, 5) is 25.7. The zero-order chi connectivity index (χ0) is 21.6. The lowest BCUT2D eigenvalue weighted by molar-refractivity contribution is -0.118. The van der Waals surface area contributed by atoms with Crippen LogP contribution in [0, 0.1) is 0 Å². The van der Waals surface area contributed by atoms with Crippen molar-refractivity contribution in [2.45, 2.75) is 45.2 Å². The maximum atomic E-state index is 12.5. The zero-order valence-corrected chi connectivity index (χ0v) is 18.9. The summed E-state index contributed by atoms with van der Waals surface area (Å²) >= 11 is 13.3. The van der Waals surface area contributed by atoms with Gasteiger partial charge in [-0.3, -0.25) is 9.59 Å². The van der Waals surface area contributed by atoms with Crippen LogP contribution in [0.3, 0.4) is 0 Å². The molecule has 2 aromatic rings. The average Bonchev–Trinajstić information content (AvgIpc) is 2.90. The molecular weight excluding hydrogens is 433 g/mol. The summed E-state index contributed by atoms with van der Waals surface area (Å²) in [6.45, 7) is 7.97. The minimum atomic E-state index is -0.562. The number of anilines is 1. The number of thiophene rings is 1. The van der Waals surface area contributed by atoms with Gasteiger partial charge in [0.25, 0.3) is 11.8 Å². The number of hydrogen-bond donors (Lipinski definition) is 3. The molecule has 29 heavy (non-hydrogen) atoms. The molecule has 0 aliphatic carbocycles. The zero-order valence-electron chi connectivity index (χ0n) is 16.6. The van der Waals surface area contributed by atoms with Crippen molar-refractivity contribution in [1.82, 2.24) is 5.32 Å². The fourth-order valence-electron chi connectivity index (χ4n) is 3.77. The topological polar surface area (TPSA) is 93.4 Å². The Balaban J connectivity index is 1.83. The lowest BCUT2D eigenvalue weighted by Gasteiger charge is -2.42. The molecule has 0 saturated heterocycles. The number of fused-ring (bicyclic) bond motifs is 1. The number of amides is 2. The highest BCUT2D eigenvalue weighted by atomic mass is 35.5. The molecule has 4 N–H and O–H groups in total. The SMILES string of the molecule is CC1(C)Cc2c(sc(NC(=O)COc3ccc(Cl)cc3Cl)c2C(N)=O)C(C)(C)N1. The predicted molar refractivity (Wildman–Crippen MR) is 117 cm³/mol. The first-order chi connectivity index (χ1) is 13.4. The molecule has 0 radical (unpaired) electrons. The number of halogens is 2. The highest BCUT2D eigenvalue weighted by Gasteiger charge is 2.41. The maximum absolute atomic E-state index is 12.5. The van der Waals surface area contributed by atoms with E-state index in [0.29, 0.717) is 32.8 Å². The van der Waals surface area contributed by atoms with Gasteiger partial charge in [-0.05, 0) is 57.9 Å². The van der Waals surface area contributed by atoms with E-state index in [-0.39, 0.29) is 17.7 Å². The Morgan fingerprint density at radius 1 is 1.28 bits per heavy atom. The van der Waals surface area contributed by atoms with Crippen LogP contribution in [0.5, 0.6) is 5.75 Å². The van der Waals surface area contributed by atoms with E-state index in [4.69, 9.17) is 33.7 Å². The van der Waals surface area contributed by atoms with Gasteiger partial charge < -0.3 is 21.1 Å². The van der Waals surface area contributed by atoms with Crippen LogP contribution in [0.2, 0.25) is 10.0 Å². The minimum absolute atomic E-state index is 0.211. The fraction of sp³-hybridized carbons (Fsp3) is 0.400. The molecule has 2 heterocycles. The first-order valence-electron chi connectivity index (χ1n) is 9.02. The van der Waals surface area contributed by atoms with Gasteiger partial charge in [-0.25, -0.2) is 0 Å². The minimum Gasteiger partial charge on any atom is -0.482 e. The molecule has 0 spiro atoms. The largest absolute Gasteiger partial charge is 0.482 e. The molecule has 6 nitrogen and oxygen atoms in total. The number of nitrogens with two attached hydrogens (primary N) is 1. The summed E-state index contributed by atoms with van der Waals surface area (Å²) in [6.07, 6.45) is 0.632. The Labute approximate surface area is 183 Å². The predicted octanol–water partition coefficient (Wildman–Crippen LogP) is 4.33. The standard InChI is InChI=1S/C20H23Cl2N3O3S/c1-19(2)8-11-15(17(23)27)18(29-16(11)20(3,4)25-19)24-14(26)9-28-13-6-5-10(21)7-12(13)22/h5-7,25H,8-9H2,1-4H3,(H2,23,27)(H,24,26). The third kappa shape index (κ3) is 4.69. The number of carbonyl (C=O) groups excluding carboxylic acids is 2. The van der Waals surface area contributed by atoms with Crippen LogP contribution in [-0.2, 0) is 16.8 Å². The molecule has 0 unspecified atom stereocenters. The highest BCUT2D eigenvalue weighted by Crippen LogP contribution is 2.44. The molecule has 1 aliphatic rings. The van der Waals surface area contributed by atoms with E-state index in [1.807, 2.05) is 13.8 Å². The summed E-state index contributed by atoms with van der Waals surface area (Å²) < 4.78 is 5.48. The Morgan fingerprint density at radius 2 is 1.97 bits per heavy atom. The second kappa shape index (κ2) is 7.80. The number of hydrogen-bond acceptors (Lipinski definition) is 5. The van der Waals surface area contributed by atoms with E-state index < -0.39 is 11.8 Å². The van der Waals surface area contributed by atoms with Crippen LogP contribution in [0.1, 0.15) is 48.5 Å². The molecule has 156 valence electrons. The van der Waals surface area contributed by atoms with E-state index >= 15 is 0 Å². The van der Waals surface area contributed by atoms with Gasteiger partial charge >= 0.3 is 0 Å². The third-order valence-corrected chi connectivity index (χ3v) is 6.60. The normalized spacial score (nSPS) is 16.8. The number of benzene rings is 1. The summed E-state index contributed by atoms with van der Waals surface area (Å²) in [5, 5.41) is 7.57. The van der Waals surface area contributed by atoms with Crippen molar-refractivity contribution in [2.24, 2.45) is 5.73 Å². The van der Waals surface area contributed by atoms with Crippen molar-refractivity contribution < 1.29 is 14.3 Å². The molecule has 1 aliphatic heterocycles. The number of nitrogens with one attached hydrogen (secondary N) is 2. The van der Waals surface area contributed by atoms with E-state index in [0.717, 1.165) is 10.4 Å². The van der Waals surface area contributed by atoms with Crippen LogP contribution in [0.25, 0.3) is 0 Å². The first kappa shape index (κ1) is 21.9. The van der Waals surface area contributed by atoms with Crippen molar-refractivity contribution in [3.63, 3.8) is 0 Å². The first-order valence-corrected chi connectivity index (χ1v) is 10.6. The molecule has 1 aromatic heterocycles. The van der Waals surface area contributed by atoms with E-state index in [2.05, 4.69) is 24.5 Å². The second-order valence-corrected chi connectivity index (χ2v) is 10.1. The van der Waals surface area contributed by atoms with Crippen molar-refractivity contribution in [3.8, 4) is 5.75 Å². The Kier molecular flexibility index (Phi) is 5.89. The smallest absolute Gasteiger partial charge is 0.262 e. The van der Waals surface area contributed by atoms with Gasteiger partial charge in [-0.15, -0.1) is 11.3 Å². The molecule has 3 rings (SSSR count). The van der Waals surface area contributed by atoms with E-state index in [1.54, 1.807) is 12.1 Å². The van der Waals surface area contributed by atoms with Crippen molar-refractivity contribution in [2.75, 3.05) is 11.9 Å². The van der Waals surface area contributed by atoms with Gasteiger partial charge in [-0.2, -0.15) is 0 Å². The maximum Gasteiger partial charge on any atom is 0.262 e. The number of ether oxygens (including phenoxy) is 1. The van der Waals surface area contributed by atoms with Crippen LogP contribution < -0.4 is 21.1 Å². The average molecular weight is 456 g/mol. The number of rotatable bonds is 5. The lowest BCUT2D eigenvalue weighted by Crippen LogP contribution is -2.55. The molecule has 2 amide bonds. The van der Waals surface area contributed by atoms with Gasteiger partial charge in [0.15, 0.2) is 6.61 Å². The molecule has 1 aromatic carbocycles. The lowest BCUT2D eigenvalue weighted by atomic mass is 9.81. The molecule has 0 saturated carbocycles. The molecule has 0 atom stereocenters. The van der Waals surface area contributed by atoms with Crippen LogP contribution in [0.4, 0.5) is 5.00 Å². The van der Waals surface area contributed by atoms with Crippen LogP contribution in [-0.4, -0.2) is 24.0 Å². The quantitative estimate of drug-likeness (QED) is 0.625. The van der Waals surface area contributed by atoms with Crippen molar-refractivity contribution in [3.05, 3.63) is 44.2 Å². The van der Waals surface area contributed by atoms with Gasteiger partial charge in [0.05, 0.1) is 10.6 Å². The van der Waals surface area contributed by atoms with Gasteiger partial charge in [-0.1, -0.05) is 23.2 Å². The van der Waals surface area contributed by atoms with E-state index in [9.17, 15) is 9.59 Å². The van der Waals surface area contributed by atoms with Crippen LogP contribution in [0.15, 0.2) is 18.2 Å². The summed E-state index contributed by atoms with van der Waals surface area (Å²) in [5.74, 6) is -0.631. The van der Waals surface area contributed by atoms with Crippen LogP contribution >= 0.6 is 34.5 Å². The van der Waals surface area contributed by atoms with Gasteiger partial charge in [0.2, 0.25) is 0 Å². The Bertz CT molecular complexity index is 986. The molecule has 0 fully saturated rings. The summed E-state index contributed by atoms with van der Waals surface area (Å²) in [7, 11) is 0. The Morgan fingerprint density at radius 3 is 2.59 bits per heavy atom. The van der Waals surface area contributed by atoms with Crippen molar-refractivity contribution >= 4 is 51.4 Å². The van der Waals surface area contributed by atoms with Crippen molar-refractivity contribution in [1.29, 1.82) is 0 Å². The summed E-state index contributed by atoms with van der Waals surface area (Å²) in [5.41, 5.74) is 6.35. The monoisotopic (exact) mass is 455 g/mol. The van der Waals surface area contributed by atoms with Gasteiger partial charge in [0, 0.05) is 21.0 Å². The summed E-state index contributed by atoms with van der Waals surface area (Å²) in [6, 6.07) is 4.74. The molecule has 0 bridgehead atoms.